The van der Waals surface area contributed by atoms with Crippen molar-refractivity contribution in [2.45, 2.75) is 31.7 Å². The van der Waals surface area contributed by atoms with Crippen LogP contribution >= 0.6 is 0 Å². The first-order chi connectivity index (χ1) is 17.6. The molecule has 0 aliphatic carbocycles. The lowest BCUT2D eigenvalue weighted by molar-refractivity contribution is -0.218. The van der Waals surface area contributed by atoms with E-state index in [0.717, 1.165) is 70.8 Å². The van der Waals surface area contributed by atoms with E-state index in [9.17, 15) is 4.79 Å². The zero-order valence-corrected chi connectivity index (χ0v) is 20.1. The summed E-state index contributed by atoms with van der Waals surface area (Å²) in [5, 5.41) is 7.28. The number of fused-ring (bicyclic) bond motifs is 2. The van der Waals surface area contributed by atoms with Gasteiger partial charge in [0.2, 0.25) is 11.7 Å². The fourth-order valence-electron chi connectivity index (χ4n) is 4.95. The van der Waals surface area contributed by atoms with Crippen LogP contribution in [0.3, 0.4) is 0 Å². The second-order valence-electron chi connectivity index (χ2n) is 9.30. The molecule has 2 aliphatic rings. The number of furan rings is 1. The fourth-order valence-corrected chi connectivity index (χ4v) is 4.95. The molecule has 1 amide bonds. The third-order valence-electron chi connectivity index (χ3n) is 6.91. The molecular weight excluding hydrogens is 456 g/mol. The van der Waals surface area contributed by atoms with Gasteiger partial charge in [-0.2, -0.15) is 0 Å². The molecule has 1 fully saturated rings. The first-order valence-electron chi connectivity index (χ1n) is 12.2. The van der Waals surface area contributed by atoms with Crippen molar-refractivity contribution in [3.05, 3.63) is 78.1 Å². The van der Waals surface area contributed by atoms with Crippen molar-refractivity contribution in [3.8, 4) is 22.6 Å². The van der Waals surface area contributed by atoms with Gasteiger partial charge in [0.1, 0.15) is 17.1 Å². The first-order valence-corrected chi connectivity index (χ1v) is 12.2. The van der Waals surface area contributed by atoms with E-state index in [4.69, 9.17) is 18.6 Å². The van der Waals surface area contributed by atoms with Crippen molar-refractivity contribution in [2.24, 2.45) is 0 Å². The van der Waals surface area contributed by atoms with Gasteiger partial charge < -0.3 is 29.3 Å². The lowest BCUT2D eigenvalue weighted by Crippen LogP contribution is -2.49. The number of methoxy groups -OCH3 is 1. The number of amides is 1. The Kier molecular flexibility index (Phi) is 5.87. The summed E-state index contributed by atoms with van der Waals surface area (Å²) in [5.74, 6) is 0.998. The van der Waals surface area contributed by atoms with Gasteiger partial charge in [0.15, 0.2) is 0 Å². The lowest BCUT2D eigenvalue weighted by atomic mass is 9.99. The summed E-state index contributed by atoms with van der Waals surface area (Å²) >= 11 is 0. The SMILES string of the molecule is COc1ccc2c(CC(=O)Nc3cccc(-c4ccc5c(c4)COC4(CCNCC4)O5)c3)coc2c1. The number of hydrogen-bond donors (Lipinski definition) is 2. The van der Waals surface area contributed by atoms with Crippen LogP contribution in [0.15, 0.2) is 71.3 Å². The van der Waals surface area contributed by atoms with Crippen molar-refractivity contribution >= 4 is 22.6 Å². The number of benzene rings is 3. The Morgan fingerprint density at radius 3 is 2.78 bits per heavy atom. The predicted octanol–water partition coefficient (Wildman–Crippen LogP) is 5.28. The van der Waals surface area contributed by atoms with Crippen molar-refractivity contribution in [1.82, 2.24) is 5.32 Å². The predicted molar refractivity (Wildman–Crippen MR) is 137 cm³/mol. The van der Waals surface area contributed by atoms with Crippen LogP contribution in [-0.4, -0.2) is 31.9 Å². The standard InChI is InChI=1S/C29H28N2O5/c1-33-24-6-7-25-21(17-34-27(25)16-24)15-28(32)31-23-4-2-3-19(14-23)20-5-8-26-22(13-20)18-35-29(36-26)9-11-30-12-10-29/h2-8,13-14,16-17,30H,9-12,15,18H2,1H3,(H,31,32). The van der Waals surface area contributed by atoms with E-state index < -0.39 is 5.79 Å². The van der Waals surface area contributed by atoms with E-state index >= 15 is 0 Å². The van der Waals surface area contributed by atoms with Crippen LogP contribution in [0.25, 0.3) is 22.1 Å². The molecule has 0 saturated carbocycles. The molecule has 0 atom stereocenters. The Morgan fingerprint density at radius 1 is 1.06 bits per heavy atom. The summed E-state index contributed by atoms with van der Waals surface area (Å²) in [5.41, 5.74) is 5.38. The van der Waals surface area contributed by atoms with Gasteiger partial charge in [-0.25, -0.2) is 0 Å². The van der Waals surface area contributed by atoms with E-state index in [2.05, 4.69) is 22.8 Å². The highest BCUT2D eigenvalue weighted by molar-refractivity contribution is 5.96. The van der Waals surface area contributed by atoms with Gasteiger partial charge in [0, 0.05) is 54.2 Å². The third-order valence-corrected chi connectivity index (χ3v) is 6.91. The van der Waals surface area contributed by atoms with Gasteiger partial charge in [-0.1, -0.05) is 18.2 Å². The molecule has 1 saturated heterocycles. The molecule has 1 spiro atoms. The second kappa shape index (κ2) is 9.33. The Balaban J connectivity index is 1.16. The first kappa shape index (κ1) is 22.6. The smallest absolute Gasteiger partial charge is 0.228 e. The van der Waals surface area contributed by atoms with Crippen molar-refractivity contribution in [3.63, 3.8) is 0 Å². The minimum atomic E-state index is -0.504. The number of hydrogen-bond acceptors (Lipinski definition) is 6. The van der Waals surface area contributed by atoms with Crippen LogP contribution in [-0.2, 0) is 22.6 Å². The van der Waals surface area contributed by atoms with Crippen LogP contribution < -0.4 is 20.1 Å². The van der Waals surface area contributed by atoms with E-state index in [1.165, 1.54) is 0 Å². The largest absolute Gasteiger partial charge is 0.497 e. The van der Waals surface area contributed by atoms with Crippen LogP contribution in [0.2, 0.25) is 0 Å². The third kappa shape index (κ3) is 4.43. The molecule has 0 radical (unpaired) electrons. The average molecular weight is 485 g/mol. The number of carbonyl (C=O) groups excluding carboxylic acids is 1. The Labute approximate surface area is 209 Å². The highest BCUT2D eigenvalue weighted by Crippen LogP contribution is 2.38. The highest BCUT2D eigenvalue weighted by Gasteiger charge is 2.38. The van der Waals surface area contributed by atoms with Gasteiger partial charge in [-0.05, 0) is 47.5 Å². The second-order valence-corrected chi connectivity index (χ2v) is 9.30. The van der Waals surface area contributed by atoms with Crippen LogP contribution in [0.5, 0.6) is 11.5 Å². The zero-order chi connectivity index (χ0) is 24.5. The summed E-state index contributed by atoms with van der Waals surface area (Å²) in [7, 11) is 1.61. The van der Waals surface area contributed by atoms with Crippen LogP contribution in [0.1, 0.15) is 24.0 Å². The molecule has 36 heavy (non-hydrogen) atoms. The summed E-state index contributed by atoms with van der Waals surface area (Å²) in [6, 6.07) is 19.7. The Bertz CT molecular complexity index is 1420. The van der Waals surface area contributed by atoms with E-state index in [0.29, 0.717) is 12.2 Å². The number of piperidine rings is 1. The number of rotatable bonds is 5. The highest BCUT2D eigenvalue weighted by atomic mass is 16.7. The van der Waals surface area contributed by atoms with Gasteiger partial charge >= 0.3 is 0 Å². The molecule has 2 aliphatic heterocycles. The number of anilines is 1. The van der Waals surface area contributed by atoms with Gasteiger partial charge in [0.25, 0.3) is 0 Å². The quantitative estimate of drug-likeness (QED) is 0.401. The molecule has 6 rings (SSSR count). The van der Waals surface area contributed by atoms with E-state index in [1.807, 2.05) is 48.5 Å². The molecule has 3 heterocycles. The zero-order valence-electron chi connectivity index (χ0n) is 20.1. The molecule has 7 heteroatoms. The van der Waals surface area contributed by atoms with Crippen LogP contribution in [0, 0.1) is 0 Å². The van der Waals surface area contributed by atoms with Crippen molar-refractivity contribution in [1.29, 1.82) is 0 Å². The van der Waals surface area contributed by atoms with Crippen LogP contribution in [0.4, 0.5) is 5.69 Å². The summed E-state index contributed by atoms with van der Waals surface area (Å²) in [6.07, 6.45) is 3.54. The summed E-state index contributed by atoms with van der Waals surface area (Å²) < 4.78 is 23.3. The molecular formula is C29H28N2O5. The molecule has 2 N–H and O–H groups in total. The van der Waals surface area contributed by atoms with Crippen molar-refractivity contribution in [2.75, 3.05) is 25.5 Å². The average Bonchev–Trinajstić information content (AvgIpc) is 3.30. The normalized spacial score (nSPS) is 16.4. The van der Waals surface area contributed by atoms with E-state index in [1.54, 1.807) is 13.4 Å². The van der Waals surface area contributed by atoms with Crippen molar-refractivity contribution < 1.29 is 23.4 Å². The Morgan fingerprint density at radius 2 is 1.92 bits per heavy atom. The number of ether oxygens (including phenoxy) is 3. The van der Waals surface area contributed by atoms with Gasteiger partial charge in [0.05, 0.1) is 26.4 Å². The summed E-state index contributed by atoms with van der Waals surface area (Å²) in [4.78, 5) is 12.8. The molecule has 0 bridgehead atoms. The molecule has 4 aromatic rings. The van der Waals surface area contributed by atoms with Gasteiger partial charge in [-0.15, -0.1) is 0 Å². The topological polar surface area (TPSA) is 82.0 Å². The van der Waals surface area contributed by atoms with E-state index in [-0.39, 0.29) is 12.3 Å². The maximum absolute atomic E-state index is 12.8. The van der Waals surface area contributed by atoms with Gasteiger partial charge in [-0.3, -0.25) is 4.79 Å². The number of carbonyl (C=O) groups is 1. The molecule has 7 nitrogen and oxygen atoms in total. The lowest BCUT2D eigenvalue weighted by Gasteiger charge is -2.41. The number of nitrogens with one attached hydrogen (secondary N) is 2. The molecule has 0 unspecified atom stereocenters. The maximum atomic E-state index is 12.8. The minimum Gasteiger partial charge on any atom is -0.497 e. The summed E-state index contributed by atoms with van der Waals surface area (Å²) in [6.45, 7) is 2.33. The minimum absolute atomic E-state index is 0.106. The fraction of sp³-hybridized carbons (Fsp3) is 0.276. The molecule has 3 aromatic carbocycles. The maximum Gasteiger partial charge on any atom is 0.228 e. The molecule has 184 valence electrons. The Hall–Kier alpha value is -3.81. The molecule has 1 aromatic heterocycles. The monoisotopic (exact) mass is 484 g/mol.